The van der Waals surface area contributed by atoms with E-state index in [1.807, 2.05) is 11.4 Å². The predicted octanol–water partition coefficient (Wildman–Crippen LogP) is 2.58. The number of rotatable bonds is 1. The van der Waals surface area contributed by atoms with E-state index in [9.17, 15) is 4.79 Å². The summed E-state index contributed by atoms with van der Waals surface area (Å²) in [5.74, 6) is 1.00. The Morgan fingerprint density at radius 2 is 2.27 bits per heavy atom. The topological polar surface area (TPSA) is 85.8 Å². The van der Waals surface area contributed by atoms with E-state index in [2.05, 4.69) is 34.6 Å². The maximum absolute atomic E-state index is 12.8. The molecule has 0 unspecified atom stereocenters. The molecular weight excluding hydrogens is 298 g/mol. The molecule has 4 rings (SSSR count). The number of nitrogen functional groups attached to an aromatic ring is 1. The summed E-state index contributed by atoms with van der Waals surface area (Å²) in [4.78, 5) is 17.0. The van der Waals surface area contributed by atoms with Crippen molar-refractivity contribution in [3.8, 4) is 0 Å². The van der Waals surface area contributed by atoms with Gasteiger partial charge in [0.05, 0.1) is 0 Å². The molecule has 0 saturated carbocycles. The Balaban J connectivity index is 1.92. The average Bonchev–Trinajstić information content (AvgIpc) is 3.02. The van der Waals surface area contributed by atoms with Gasteiger partial charge in [0.1, 0.15) is 6.04 Å². The minimum absolute atomic E-state index is 0.0458. The molecule has 0 spiro atoms. The van der Waals surface area contributed by atoms with Crippen molar-refractivity contribution in [3.63, 3.8) is 0 Å². The lowest BCUT2D eigenvalue weighted by Gasteiger charge is -2.37. The van der Waals surface area contributed by atoms with Gasteiger partial charge in [-0.05, 0) is 34.2 Å². The fourth-order valence-corrected chi connectivity index (χ4v) is 4.04. The van der Waals surface area contributed by atoms with E-state index in [0.717, 1.165) is 23.3 Å². The summed E-state index contributed by atoms with van der Waals surface area (Å²) in [6.07, 6.45) is 1.37. The van der Waals surface area contributed by atoms with Crippen LogP contribution in [-0.4, -0.2) is 20.5 Å². The zero-order valence-corrected chi connectivity index (χ0v) is 13.3. The summed E-state index contributed by atoms with van der Waals surface area (Å²) in [7, 11) is 0. The number of nitrogens with one attached hydrogen (secondary N) is 1. The number of Topliss-reactive ketones (excluding diaryl/α,β-unsaturated/α-hetero) is 1. The highest BCUT2D eigenvalue weighted by Crippen LogP contribution is 2.45. The molecule has 6 nitrogen and oxygen atoms in total. The third kappa shape index (κ3) is 1.96. The number of anilines is 2. The summed E-state index contributed by atoms with van der Waals surface area (Å²) in [6.45, 7) is 4.23. The first kappa shape index (κ1) is 13.5. The molecule has 1 atom stereocenters. The van der Waals surface area contributed by atoms with Gasteiger partial charge in [0.15, 0.2) is 5.78 Å². The molecule has 3 heterocycles. The zero-order chi connectivity index (χ0) is 15.5. The Morgan fingerprint density at radius 3 is 3.00 bits per heavy atom. The van der Waals surface area contributed by atoms with Gasteiger partial charge in [-0.1, -0.05) is 13.8 Å². The van der Waals surface area contributed by atoms with Gasteiger partial charge in [0, 0.05) is 17.7 Å². The van der Waals surface area contributed by atoms with Crippen LogP contribution in [0.15, 0.2) is 28.1 Å². The van der Waals surface area contributed by atoms with Crippen molar-refractivity contribution < 1.29 is 4.79 Å². The van der Waals surface area contributed by atoms with Gasteiger partial charge in [0.25, 0.3) is 0 Å². The fourth-order valence-electron chi connectivity index (χ4n) is 3.36. The van der Waals surface area contributed by atoms with Gasteiger partial charge >= 0.3 is 0 Å². The van der Waals surface area contributed by atoms with Gasteiger partial charge in [-0.3, -0.25) is 4.79 Å². The van der Waals surface area contributed by atoms with E-state index in [1.54, 1.807) is 16.0 Å². The Kier molecular flexibility index (Phi) is 2.72. The first-order valence-electron chi connectivity index (χ1n) is 7.22. The summed E-state index contributed by atoms with van der Waals surface area (Å²) in [5, 5.41) is 11.6. The second-order valence-electron chi connectivity index (χ2n) is 6.66. The minimum Gasteiger partial charge on any atom is -0.366 e. The van der Waals surface area contributed by atoms with Crippen LogP contribution in [0.2, 0.25) is 0 Å². The number of nitrogens with two attached hydrogens (primary N) is 1. The number of thiophene rings is 1. The van der Waals surface area contributed by atoms with Crippen molar-refractivity contribution in [2.75, 3.05) is 11.1 Å². The van der Waals surface area contributed by atoms with Crippen molar-refractivity contribution in [2.24, 2.45) is 5.41 Å². The molecule has 2 aromatic heterocycles. The monoisotopic (exact) mass is 315 g/mol. The molecule has 0 saturated heterocycles. The molecule has 0 bridgehead atoms. The number of hydrogen-bond donors (Lipinski definition) is 2. The standard InChI is InChI=1S/C15H17N5OS/c1-15(2)5-9-11(10(21)6-15)12(8-3-4-22-7-8)20-14(17-9)18-13(16)19-20/h3-4,7,12H,5-6H2,1-2H3,(H3,16,17,18,19)/t12-/m1/s1. The molecule has 22 heavy (non-hydrogen) atoms. The molecule has 114 valence electrons. The maximum Gasteiger partial charge on any atom is 0.241 e. The van der Waals surface area contributed by atoms with Gasteiger partial charge < -0.3 is 11.1 Å². The van der Waals surface area contributed by atoms with Crippen molar-refractivity contribution in [1.82, 2.24) is 14.8 Å². The fraction of sp³-hybridized carbons (Fsp3) is 0.400. The normalized spacial score (nSPS) is 23.0. The molecule has 7 heteroatoms. The van der Waals surface area contributed by atoms with Gasteiger partial charge in [-0.25, -0.2) is 4.68 Å². The van der Waals surface area contributed by atoms with Crippen LogP contribution < -0.4 is 11.1 Å². The van der Waals surface area contributed by atoms with Crippen LogP contribution in [-0.2, 0) is 4.79 Å². The SMILES string of the molecule is CC1(C)CC(=O)C2=C(C1)Nc1nc(N)nn1[C@@H]2c1ccsc1. The van der Waals surface area contributed by atoms with Crippen LogP contribution in [0.3, 0.4) is 0 Å². The van der Waals surface area contributed by atoms with E-state index in [1.165, 1.54) is 0 Å². The van der Waals surface area contributed by atoms with Crippen molar-refractivity contribution in [2.45, 2.75) is 32.7 Å². The van der Waals surface area contributed by atoms with Crippen LogP contribution in [0.5, 0.6) is 0 Å². The van der Waals surface area contributed by atoms with Crippen molar-refractivity contribution >= 4 is 29.0 Å². The second-order valence-corrected chi connectivity index (χ2v) is 7.44. The second kappa shape index (κ2) is 4.42. The van der Waals surface area contributed by atoms with E-state index in [4.69, 9.17) is 5.73 Å². The van der Waals surface area contributed by atoms with Gasteiger partial charge in [-0.2, -0.15) is 16.3 Å². The Bertz CT molecular complexity index is 787. The third-order valence-corrected chi connectivity index (χ3v) is 4.91. The van der Waals surface area contributed by atoms with Crippen LogP contribution in [0, 0.1) is 5.41 Å². The summed E-state index contributed by atoms with van der Waals surface area (Å²) in [5.41, 5.74) is 8.53. The minimum atomic E-state index is -0.231. The molecule has 3 N–H and O–H groups in total. The van der Waals surface area contributed by atoms with Crippen LogP contribution >= 0.6 is 11.3 Å². The highest BCUT2D eigenvalue weighted by atomic mass is 32.1. The van der Waals surface area contributed by atoms with E-state index in [-0.39, 0.29) is 23.2 Å². The lowest BCUT2D eigenvalue weighted by Crippen LogP contribution is -2.36. The zero-order valence-electron chi connectivity index (χ0n) is 12.5. The van der Waals surface area contributed by atoms with E-state index in [0.29, 0.717) is 12.4 Å². The maximum atomic E-state index is 12.8. The molecule has 2 aliphatic rings. The highest BCUT2D eigenvalue weighted by Gasteiger charge is 2.41. The average molecular weight is 315 g/mol. The smallest absolute Gasteiger partial charge is 0.241 e. The van der Waals surface area contributed by atoms with E-state index >= 15 is 0 Å². The summed E-state index contributed by atoms with van der Waals surface area (Å²) >= 11 is 1.61. The molecule has 0 amide bonds. The number of hydrogen-bond acceptors (Lipinski definition) is 6. The molecule has 1 aliphatic carbocycles. The lowest BCUT2D eigenvalue weighted by atomic mass is 9.73. The number of nitrogens with zero attached hydrogens (tertiary/aromatic N) is 3. The molecular formula is C15H17N5OS. The first-order chi connectivity index (χ1) is 10.4. The predicted molar refractivity (Wildman–Crippen MR) is 85.6 cm³/mol. The van der Waals surface area contributed by atoms with Crippen LogP contribution in [0.25, 0.3) is 0 Å². The van der Waals surface area contributed by atoms with Gasteiger partial charge in [0.2, 0.25) is 11.9 Å². The quantitative estimate of drug-likeness (QED) is 0.844. The number of carbonyl (C=O) groups is 1. The van der Waals surface area contributed by atoms with Crippen LogP contribution in [0.4, 0.5) is 11.9 Å². The highest BCUT2D eigenvalue weighted by molar-refractivity contribution is 7.08. The third-order valence-electron chi connectivity index (χ3n) is 4.21. The summed E-state index contributed by atoms with van der Waals surface area (Å²) in [6, 6.07) is 1.80. The molecule has 1 aliphatic heterocycles. The van der Waals surface area contributed by atoms with Crippen molar-refractivity contribution in [1.29, 1.82) is 0 Å². The Hall–Kier alpha value is -2.15. The number of carbonyl (C=O) groups excluding carboxylic acids is 1. The molecule has 0 radical (unpaired) electrons. The van der Waals surface area contributed by atoms with E-state index < -0.39 is 0 Å². The molecule has 2 aromatic rings. The number of fused-ring (bicyclic) bond motifs is 1. The summed E-state index contributed by atoms with van der Waals surface area (Å²) < 4.78 is 1.73. The number of ketones is 1. The Labute approximate surface area is 132 Å². The molecule has 0 fully saturated rings. The van der Waals surface area contributed by atoms with Crippen molar-refractivity contribution in [3.05, 3.63) is 33.7 Å². The first-order valence-corrected chi connectivity index (χ1v) is 8.16. The largest absolute Gasteiger partial charge is 0.366 e. The van der Waals surface area contributed by atoms with Crippen LogP contribution in [0.1, 0.15) is 38.3 Å². The lowest BCUT2D eigenvalue weighted by molar-refractivity contribution is -0.118. The molecule has 0 aromatic carbocycles. The number of allylic oxidation sites excluding steroid dienone is 2. The van der Waals surface area contributed by atoms with Gasteiger partial charge in [-0.15, -0.1) is 5.10 Å². The number of aromatic nitrogens is 3. The Morgan fingerprint density at radius 1 is 1.45 bits per heavy atom.